The summed E-state index contributed by atoms with van der Waals surface area (Å²) in [5, 5.41) is 5.25. The fourth-order valence-electron chi connectivity index (χ4n) is 4.86. The molecule has 0 aliphatic rings. The van der Waals surface area contributed by atoms with Gasteiger partial charge in [-0.25, -0.2) is 9.67 Å². The fraction of sp³-hybridized carbons (Fsp3) is 0.273. The molecule has 2 aromatic heterocycles. The molecule has 0 radical (unpaired) electrons. The van der Waals surface area contributed by atoms with E-state index in [0.29, 0.717) is 0 Å². The summed E-state index contributed by atoms with van der Waals surface area (Å²) in [7, 11) is 1.99. The number of rotatable bonds is 5. The van der Waals surface area contributed by atoms with E-state index in [4.69, 9.17) is 9.84 Å². The van der Waals surface area contributed by atoms with Gasteiger partial charge >= 0.3 is 0 Å². The monoisotopic (exact) mass is 504 g/mol. The Morgan fingerprint density at radius 2 is 1.37 bits per heavy atom. The molecule has 0 N–H and O–H groups in total. The third kappa shape index (κ3) is 5.01. The van der Waals surface area contributed by atoms with Crippen molar-refractivity contribution < 1.29 is 4.74 Å². The third-order valence-electron chi connectivity index (χ3n) is 6.58. The zero-order valence-electron chi connectivity index (χ0n) is 23.4. The standard InChI is InChI=1S/C33H36N4O/c1-32(2,3)29-28(23-13-9-8-10-14-23)30(33(4,5)6)37(35-29)25-16-12-18-27(22-25)38-26-17-11-15-24(21-26)31-34-19-20-36(31)7/h8-22H,1-7H3. The molecule has 5 nitrogen and oxygen atoms in total. The molecule has 3 aromatic carbocycles. The number of nitrogens with zero attached hydrogens (tertiary/aromatic N) is 4. The Morgan fingerprint density at radius 1 is 0.711 bits per heavy atom. The zero-order valence-corrected chi connectivity index (χ0v) is 23.4. The lowest BCUT2D eigenvalue weighted by molar-refractivity contribution is 0.481. The highest BCUT2D eigenvalue weighted by atomic mass is 16.5. The third-order valence-corrected chi connectivity index (χ3v) is 6.58. The second-order valence-electron chi connectivity index (χ2n) is 11.8. The van der Waals surface area contributed by atoms with Gasteiger partial charge in [0, 0.05) is 47.5 Å². The van der Waals surface area contributed by atoms with Crippen LogP contribution in [0.5, 0.6) is 11.5 Å². The van der Waals surface area contributed by atoms with Gasteiger partial charge < -0.3 is 9.30 Å². The normalized spacial score (nSPS) is 12.1. The maximum Gasteiger partial charge on any atom is 0.139 e. The molecule has 0 saturated heterocycles. The smallest absolute Gasteiger partial charge is 0.139 e. The van der Waals surface area contributed by atoms with E-state index in [1.165, 1.54) is 16.8 Å². The van der Waals surface area contributed by atoms with Gasteiger partial charge in [0.05, 0.1) is 17.1 Å². The summed E-state index contributed by atoms with van der Waals surface area (Å²) < 4.78 is 10.5. The summed E-state index contributed by atoms with van der Waals surface area (Å²) in [6.07, 6.45) is 3.75. The number of hydrogen-bond acceptors (Lipinski definition) is 3. The van der Waals surface area contributed by atoms with Crippen LogP contribution >= 0.6 is 0 Å². The van der Waals surface area contributed by atoms with Crippen LogP contribution in [0, 0.1) is 0 Å². The molecule has 0 saturated carbocycles. The van der Waals surface area contributed by atoms with Crippen molar-refractivity contribution in [3.05, 3.63) is 103 Å². The number of benzene rings is 3. The van der Waals surface area contributed by atoms with E-state index < -0.39 is 0 Å². The van der Waals surface area contributed by atoms with Gasteiger partial charge in [0.15, 0.2) is 0 Å². The van der Waals surface area contributed by atoms with E-state index in [0.717, 1.165) is 34.3 Å². The number of aryl methyl sites for hydroxylation is 1. The van der Waals surface area contributed by atoms with E-state index in [1.807, 2.05) is 54.2 Å². The summed E-state index contributed by atoms with van der Waals surface area (Å²) in [5.74, 6) is 2.42. The van der Waals surface area contributed by atoms with Gasteiger partial charge in [0.25, 0.3) is 0 Å². The SMILES string of the molecule is Cn1ccnc1-c1cccc(Oc2cccc(-n3nc(C(C)(C)C)c(-c4ccccc4)c3C(C)(C)C)c2)c1. The van der Waals surface area contributed by atoms with Gasteiger partial charge in [-0.2, -0.15) is 5.10 Å². The summed E-state index contributed by atoms with van der Waals surface area (Å²) in [5.41, 5.74) is 6.37. The topological polar surface area (TPSA) is 44.9 Å². The minimum Gasteiger partial charge on any atom is -0.457 e. The lowest BCUT2D eigenvalue weighted by Gasteiger charge is -2.24. The maximum atomic E-state index is 6.36. The van der Waals surface area contributed by atoms with Crippen molar-refractivity contribution in [3.8, 4) is 39.7 Å². The van der Waals surface area contributed by atoms with Crippen molar-refractivity contribution >= 4 is 0 Å². The second-order valence-corrected chi connectivity index (χ2v) is 11.8. The van der Waals surface area contributed by atoms with Gasteiger partial charge in [0.1, 0.15) is 17.3 Å². The van der Waals surface area contributed by atoms with Crippen LogP contribution in [-0.4, -0.2) is 19.3 Å². The molecule has 5 rings (SSSR count). The van der Waals surface area contributed by atoms with Crippen LogP contribution in [0.2, 0.25) is 0 Å². The molecule has 0 aliphatic heterocycles. The highest BCUT2D eigenvalue weighted by Gasteiger charge is 2.33. The Labute approximate surface area is 225 Å². The van der Waals surface area contributed by atoms with E-state index in [1.54, 1.807) is 6.20 Å². The van der Waals surface area contributed by atoms with Crippen molar-refractivity contribution in [2.45, 2.75) is 52.4 Å². The first kappa shape index (κ1) is 25.5. The molecule has 38 heavy (non-hydrogen) atoms. The summed E-state index contributed by atoms with van der Waals surface area (Å²) in [4.78, 5) is 4.47. The molecule has 0 bridgehead atoms. The van der Waals surface area contributed by atoms with Crippen molar-refractivity contribution in [3.63, 3.8) is 0 Å². The van der Waals surface area contributed by atoms with E-state index >= 15 is 0 Å². The summed E-state index contributed by atoms with van der Waals surface area (Å²) in [6, 6.07) is 26.8. The molecule has 0 unspecified atom stereocenters. The molecule has 194 valence electrons. The quantitative estimate of drug-likeness (QED) is 0.242. The van der Waals surface area contributed by atoms with Crippen LogP contribution in [-0.2, 0) is 17.9 Å². The first-order valence-electron chi connectivity index (χ1n) is 13.1. The highest BCUT2D eigenvalue weighted by Crippen LogP contribution is 2.41. The van der Waals surface area contributed by atoms with E-state index in [9.17, 15) is 0 Å². The molecular formula is C33H36N4O. The number of hydrogen-bond donors (Lipinski definition) is 0. The Hall–Kier alpha value is -4.12. The molecule has 2 heterocycles. The van der Waals surface area contributed by atoms with Gasteiger partial charge in [-0.05, 0) is 29.8 Å². The van der Waals surface area contributed by atoms with Crippen molar-refractivity contribution in [2.75, 3.05) is 0 Å². The van der Waals surface area contributed by atoms with Crippen LogP contribution in [0.15, 0.2) is 91.3 Å². The van der Waals surface area contributed by atoms with Crippen molar-refractivity contribution in [1.29, 1.82) is 0 Å². The summed E-state index contributed by atoms with van der Waals surface area (Å²) in [6.45, 7) is 13.4. The van der Waals surface area contributed by atoms with Gasteiger partial charge in [-0.15, -0.1) is 0 Å². The van der Waals surface area contributed by atoms with Gasteiger partial charge in [-0.3, -0.25) is 0 Å². The van der Waals surface area contributed by atoms with Crippen LogP contribution in [0.4, 0.5) is 0 Å². The van der Waals surface area contributed by atoms with E-state index in [2.05, 4.69) is 93.7 Å². The maximum absolute atomic E-state index is 6.36. The lowest BCUT2D eigenvalue weighted by atomic mass is 9.81. The molecule has 0 fully saturated rings. The first-order chi connectivity index (χ1) is 18.0. The molecule has 0 amide bonds. The average molecular weight is 505 g/mol. The first-order valence-corrected chi connectivity index (χ1v) is 13.1. The number of ether oxygens (including phenoxy) is 1. The zero-order chi connectivity index (χ0) is 27.1. The Bertz CT molecular complexity index is 1560. The molecule has 0 spiro atoms. The predicted octanol–water partition coefficient (Wildman–Crippen LogP) is 8.33. The minimum atomic E-state index is -0.144. The fourth-order valence-corrected chi connectivity index (χ4v) is 4.86. The summed E-state index contributed by atoms with van der Waals surface area (Å²) >= 11 is 0. The van der Waals surface area contributed by atoms with E-state index in [-0.39, 0.29) is 10.8 Å². The second kappa shape index (κ2) is 9.64. The lowest BCUT2D eigenvalue weighted by Crippen LogP contribution is -2.18. The minimum absolute atomic E-state index is 0.129. The van der Waals surface area contributed by atoms with Crippen LogP contribution < -0.4 is 4.74 Å². The molecular weight excluding hydrogens is 468 g/mol. The Kier molecular flexibility index (Phi) is 6.47. The average Bonchev–Trinajstić information content (AvgIpc) is 3.49. The van der Waals surface area contributed by atoms with Crippen molar-refractivity contribution in [1.82, 2.24) is 19.3 Å². The predicted molar refractivity (Wildman–Crippen MR) is 155 cm³/mol. The van der Waals surface area contributed by atoms with Crippen LogP contribution in [0.3, 0.4) is 0 Å². The Morgan fingerprint density at radius 3 is 2.00 bits per heavy atom. The number of imidazole rings is 1. The Balaban J connectivity index is 1.60. The van der Waals surface area contributed by atoms with Crippen molar-refractivity contribution in [2.24, 2.45) is 7.05 Å². The number of aromatic nitrogens is 4. The molecule has 0 aliphatic carbocycles. The van der Waals surface area contributed by atoms with Crippen LogP contribution in [0.1, 0.15) is 52.9 Å². The van der Waals surface area contributed by atoms with Gasteiger partial charge in [-0.1, -0.05) is 90.1 Å². The largest absolute Gasteiger partial charge is 0.457 e. The van der Waals surface area contributed by atoms with Gasteiger partial charge in [0.2, 0.25) is 0 Å². The molecule has 5 aromatic rings. The molecule has 0 atom stereocenters. The van der Waals surface area contributed by atoms with Crippen LogP contribution in [0.25, 0.3) is 28.2 Å². The molecule has 5 heteroatoms. The highest BCUT2D eigenvalue weighted by molar-refractivity contribution is 5.72.